The van der Waals surface area contributed by atoms with Gasteiger partial charge in [0.05, 0.1) is 22.5 Å². The van der Waals surface area contributed by atoms with E-state index in [4.69, 9.17) is 17.3 Å². The van der Waals surface area contributed by atoms with Gasteiger partial charge in [-0.15, -0.1) is 0 Å². The first-order valence-electron chi connectivity index (χ1n) is 8.15. The van der Waals surface area contributed by atoms with Crippen LogP contribution in [-0.4, -0.2) is 26.4 Å². The van der Waals surface area contributed by atoms with Gasteiger partial charge in [0.1, 0.15) is 5.82 Å². The summed E-state index contributed by atoms with van der Waals surface area (Å²) >= 11 is 5.85. The second kappa shape index (κ2) is 7.87. The normalized spacial score (nSPS) is 11.1. The minimum Gasteiger partial charge on any atom is -0.384 e. The Morgan fingerprint density at radius 3 is 2.46 bits per heavy atom. The van der Waals surface area contributed by atoms with E-state index in [0.717, 1.165) is 4.31 Å². The van der Waals surface area contributed by atoms with E-state index in [2.05, 4.69) is 10.3 Å². The van der Waals surface area contributed by atoms with Crippen molar-refractivity contribution in [1.82, 2.24) is 4.98 Å². The Bertz CT molecular complexity index is 1100. The molecule has 1 amide bonds. The molecule has 1 aromatic heterocycles. The Labute approximate surface area is 167 Å². The molecule has 0 atom stereocenters. The van der Waals surface area contributed by atoms with Gasteiger partial charge in [-0.25, -0.2) is 13.4 Å². The SMILES string of the molecule is CN(c1ccc(Cl)cc1)S(=O)(=O)c1cccc(C(=O)Nc2ccc(N)nc2)c1. The van der Waals surface area contributed by atoms with Gasteiger partial charge in [0.15, 0.2) is 0 Å². The summed E-state index contributed by atoms with van der Waals surface area (Å²) in [5.41, 5.74) is 6.62. The molecule has 0 bridgehead atoms. The fourth-order valence-corrected chi connectivity index (χ4v) is 3.80. The van der Waals surface area contributed by atoms with Crippen LogP contribution in [0.25, 0.3) is 0 Å². The van der Waals surface area contributed by atoms with Crippen molar-refractivity contribution in [1.29, 1.82) is 0 Å². The van der Waals surface area contributed by atoms with E-state index in [1.165, 1.54) is 37.5 Å². The van der Waals surface area contributed by atoms with E-state index in [-0.39, 0.29) is 10.5 Å². The molecule has 3 aromatic rings. The molecule has 0 aliphatic carbocycles. The number of hydrogen-bond acceptors (Lipinski definition) is 5. The van der Waals surface area contributed by atoms with Crippen molar-refractivity contribution in [2.75, 3.05) is 22.4 Å². The minimum atomic E-state index is -3.86. The van der Waals surface area contributed by atoms with Gasteiger partial charge in [-0.1, -0.05) is 17.7 Å². The van der Waals surface area contributed by atoms with Gasteiger partial charge in [-0.3, -0.25) is 9.10 Å². The largest absolute Gasteiger partial charge is 0.384 e. The van der Waals surface area contributed by atoms with Crippen molar-refractivity contribution in [2.45, 2.75) is 4.90 Å². The molecule has 0 spiro atoms. The molecule has 144 valence electrons. The first-order valence-corrected chi connectivity index (χ1v) is 9.96. The molecule has 0 radical (unpaired) electrons. The maximum Gasteiger partial charge on any atom is 0.264 e. The predicted octanol–water partition coefficient (Wildman–Crippen LogP) is 3.39. The summed E-state index contributed by atoms with van der Waals surface area (Å²) in [6.07, 6.45) is 1.42. The molecular formula is C19H17ClN4O3S. The summed E-state index contributed by atoms with van der Waals surface area (Å²) in [5, 5.41) is 3.16. The van der Waals surface area contributed by atoms with E-state index in [1.807, 2.05) is 0 Å². The fraction of sp³-hybridized carbons (Fsp3) is 0.0526. The van der Waals surface area contributed by atoms with Crippen molar-refractivity contribution in [2.24, 2.45) is 0 Å². The van der Waals surface area contributed by atoms with Gasteiger partial charge < -0.3 is 11.1 Å². The molecule has 28 heavy (non-hydrogen) atoms. The van der Waals surface area contributed by atoms with Crippen molar-refractivity contribution in [3.8, 4) is 0 Å². The van der Waals surface area contributed by atoms with Crippen molar-refractivity contribution < 1.29 is 13.2 Å². The number of sulfonamides is 1. The zero-order chi connectivity index (χ0) is 20.3. The first kappa shape index (κ1) is 19.7. The molecule has 2 aromatic carbocycles. The third-order valence-electron chi connectivity index (χ3n) is 3.99. The lowest BCUT2D eigenvalue weighted by molar-refractivity contribution is 0.102. The quantitative estimate of drug-likeness (QED) is 0.663. The number of nitrogens with one attached hydrogen (secondary N) is 1. The number of nitrogens with zero attached hydrogens (tertiary/aromatic N) is 2. The molecule has 3 rings (SSSR count). The number of carbonyl (C=O) groups is 1. The average molecular weight is 417 g/mol. The maximum absolute atomic E-state index is 12.9. The number of anilines is 3. The Morgan fingerprint density at radius 1 is 1.11 bits per heavy atom. The molecule has 3 N–H and O–H groups in total. The van der Waals surface area contributed by atoms with E-state index in [9.17, 15) is 13.2 Å². The first-order chi connectivity index (χ1) is 13.3. The zero-order valence-electron chi connectivity index (χ0n) is 14.8. The van der Waals surface area contributed by atoms with Gasteiger partial charge in [-0.2, -0.15) is 0 Å². The molecular weight excluding hydrogens is 400 g/mol. The van der Waals surface area contributed by atoms with Crippen LogP contribution in [0.2, 0.25) is 5.02 Å². The number of pyridine rings is 1. The lowest BCUT2D eigenvalue weighted by Gasteiger charge is -2.20. The number of benzene rings is 2. The van der Waals surface area contributed by atoms with Crippen LogP contribution in [0.5, 0.6) is 0 Å². The molecule has 0 aliphatic rings. The molecule has 0 aliphatic heterocycles. The Morgan fingerprint density at radius 2 is 1.82 bits per heavy atom. The van der Waals surface area contributed by atoms with Crippen LogP contribution in [0.15, 0.2) is 71.8 Å². The maximum atomic E-state index is 12.9. The zero-order valence-corrected chi connectivity index (χ0v) is 16.4. The molecule has 0 saturated heterocycles. The summed E-state index contributed by atoms with van der Waals surface area (Å²) in [4.78, 5) is 16.4. The number of hydrogen-bond donors (Lipinski definition) is 2. The van der Waals surface area contributed by atoms with Crippen molar-refractivity contribution in [3.05, 3.63) is 77.4 Å². The Balaban J connectivity index is 1.86. The number of halogens is 1. The number of rotatable bonds is 5. The number of amides is 1. The highest BCUT2D eigenvalue weighted by molar-refractivity contribution is 7.92. The molecule has 0 unspecified atom stereocenters. The summed E-state index contributed by atoms with van der Waals surface area (Å²) < 4.78 is 27.0. The Hall–Kier alpha value is -3.10. The van der Waals surface area contributed by atoms with Crippen LogP contribution in [-0.2, 0) is 10.0 Å². The second-order valence-electron chi connectivity index (χ2n) is 5.90. The van der Waals surface area contributed by atoms with E-state index in [1.54, 1.807) is 36.4 Å². The predicted molar refractivity (Wildman–Crippen MR) is 110 cm³/mol. The number of nitrogens with two attached hydrogens (primary N) is 1. The van der Waals surface area contributed by atoms with Gasteiger partial charge in [0, 0.05) is 17.6 Å². The van der Waals surface area contributed by atoms with Gasteiger partial charge in [0.2, 0.25) is 0 Å². The summed E-state index contributed by atoms with van der Waals surface area (Å²) in [6, 6.07) is 15.4. The van der Waals surface area contributed by atoms with Gasteiger partial charge in [-0.05, 0) is 54.6 Å². The highest BCUT2D eigenvalue weighted by atomic mass is 35.5. The summed E-state index contributed by atoms with van der Waals surface area (Å²) in [6.45, 7) is 0. The third kappa shape index (κ3) is 4.24. The van der Waals surface area contributed by atoms with Crippen molar-refractivity contribution in [3.63, 3.8) is 0 Å². The molecule has 9 heteroatoms. The van der Waals surface area contributed by atoms with E-state index in [0.29, 0.717) is 22.2 Å². The van der Waals surface area contributed by atoms with E-state index >= 15 is 0 Å². The highest BCUT2D eigenvalue weighted by Crippen LogP contribution is 2.24. The second-order valence-corrected chi connectivity index (χ2v) is 8.31. The Kier molecular flexibility index (Phi) is 5.53. The molecule has 7 nitrogen and oxygen atoms in total. The topological polar surface area (TPSA) is 105 Å². The van der Waals surface area contributed by atoms with Gasteiger partial charge >= 0.3 is 0 Å². The van der Waals surface area contributed by atoms with Crippen LogP contribution in [0.3, 0.4) is 0 Å². The standard InChI is InChI=1S/C19H17ClN4O3S/c1-24(16-8-5-14(20)6-9-16)28(26,27)17-4-2-3-13(11-17)19(25)23-15-7-10-18(21)22-12-15/h2-12H,1H3,(H2,21,22)(H,23,25). The molecule has 0 saturated carbocycles. The van der Waals surface area contributed by atoms with E-state index < -0.39 is 15.9 Å². The van der Waals surface area contributed by atoms with Crippen molar-refractivity contribution >= 4 is 44.7 Å². The third-order valence-corrected chi connectivity index (χ3v) is 6.02. The lowest BCUT2D eigenvalue weighted by atomic mass is 10.2. The number of carbonyl (C=O) groups excluding carboxylic acids is 1. The highest BCUT2D eigenvalue weighted by Gasteiger charge is 2.22. The van der Waals surface area contributed by atoms with Crippen LogP contribution in [0.1, 0.15) is 10.4 Å². The summed E-state index contributed by atoms with van der Waals surface area (Å²) in [7, 11) is -2.42. The molecule has 0 fully saturated rings. The molecule has 1 heterocycles. The number of nitrogen functional groups attached to an aromatic ring is 1. The smallest absolute Gasteiger partial charge is 0.264 e. The monoisotopic (exact) mass is 416 g/mol. The lowest BCUT2D eigenvalue weighted by Crippen LogP contribution is -2.26. The van der Waals surface area contributed by atoms with Crippen LogP contribution in [0, 0.1) is 0 Å². The van der Waals surface area contributed by atoms with Crippen LogP contribution >= 0.6 is 11.6 Å². The minimum absolute atomic E-state index is 0.00645. The number of aromatic nitrogens is 1. The average Bonchev–Trinajstić information content (AvgIpc) is 2.70. The van der Waals surface area contributed by atoms with Crippen LogP contribution in [0.4, 0.5) is 17.2 Å². The summed E-state index contributed by atoms with van der Waals surface area (Å²) in [5.74, 6) is -0.130. The fourth-order valence-electron chi connectivity index (χ4n) is 2.43. The van der Waals surface area contributed by atoms with Gasteiger partial charge in [0.25, 0.3) is 15.9 Å². The van der Waals surface area contributed by atoms with Crippen LogP contribution < -0.4 is 15.4 Å².